The zero-order valence-corrected chi connectivity index (χ0v) is 13.6. The first-order chi connectivity index (χ1) is 11.1. The van der Waals surface area contributed by atoms with E-state index in [0.717, 1.165) is 23.6 Å². The summed E-state index contributed by atoms with van der Waals surface area (Å²) in [6.07, 6.45) is 1.40. The molecule has 8 heteroatoms. The van der Waals surface area contributed by atoms with Crippen LogP contribution >= 0.6 is 11.5 Å². The van der Waals surface area contributed by atoms with E-state index in [1.54, 1.807) is 37.1 Å². The molecule has 0 atom stereocenters. The number of anilines is 2. The zero-order valence-electron chi connectivity index (χ0n) is 12.8. The molecule has 2 aromatic rings. The Labute approximate surface area is 137 Å². The van der Waals surface area contributed by atoms with Crippen LogP contribution in [0.5, 0.6) is 5.75 Å². The van der Waals surface area contributed by atoms with Crippen molar-refractivity contribution >= 4 is 34.7 Å². The molecular weight excluding hydrogens is 316 g/mol. The number of nitrogens with zero attached hydrogens (tertiary/aromatic N) is 3. The summed E-state index contributed by atoms with van der Waals surface area (Å²) in [6.45, 7) is 2.42. The second-order valence-electron chi connectivity index (χ2n) is 5.18. The molecule has 3 rings (SSSR count). The van der Waals surface area contributed by atoms with Gasteiger partial charge < -0.3 is 15.0 Å². The van der Waals surface area contributed by atoms with Crippen molar-refractivity contribution in [3.8, 4) is 5.75 Å². The third kappa shape index (κ3) is 3.02. The number of nitrogens with one attached hydrogen (secondary N) is 1. The first kappa shape index (κ1) is 15.4. The Balaban J connectivity index is 1.83. The quantitative estimate of drug-likeness (QED) is 0.928. The van der Waals surface area contributed by atoms with Crippen LogP contribution in [-0.4, -0.2) is 35.1 Å². The number of rotatable bonds is 4. The van der Waals surface area contributed by atoms with Crippen molar-refractivity contribution in [1.29, 1.82) is 0 Å². The molecule has 23 heavy (non-hydrogen) atoms. The standard InChI is InChI=1S/C15H16N4O3S/c1-9-14(23-18-17-9)15(21)16-10-5-6-11(12(8-10)22-2)19-7-3-4-13(19)20/h5-6,8H,3-4,7H2,1-2H3,(H,16,21). The number of hydrogen-bond donors (Lipinski definition) is 1. The fraction of sp³-hybridized carbons (Fsp3) is 0.333. The maximum atomic E-state index is 12.2. The second kappa shape index (κ2) is 6.33. The van der Waals surface area contributed by atoms with Gasteiger partial charge in [-0.2, -0.15) is 0 Å². The van der Waals surface area contributed by atoms with Crippen LogP contribution in [0.25, 0.3) is 0 Å². The lowest BCUT2D eigenvalue weighted by Gasteiger charge is -2.19. The third-order valence-electron chi connectivity index (χ3n) is 3.66. The van der Waals surface area contributed by atoms with Crippen LogP contribution in [0, 0.1) is 6.92 Å². The minimum absolute atomic E-state index is 0.0893. The Hall–Kier alpha value is -2.48. The second-order valence-corrected chi connectivity index (χ2v) is 5.93. The van der Waals surface area contributed by atoms with Crippen molar-refractivity contribution in [3.63, 3.8) is 0 Å². The number of amides is 2. The number of aromatic nitrogens is 2. The first-order valence-corrected chi connectivity index (χ1v) is 7.96. The average molecular weight is 332 g/mol. The largest absolute Gasteiger partial charge is 0.494 e. The van der Waals surface area contributed by atoms with Gasteiger partial charge in [0.1, 0.15) is 10.6 Å². The van der Waals surface area contributed by atoms with E-state index in [1.807, 2.05) is 0 Å². The summed E-state index contributed by atoms with van der Waals surface area (Å²) in [6, 6.07) is 5.25. The van der Waals surface area contributed by atoms with Crippen LogP contribution in [0.2, 0.25) is 0 Å². The van der Waals surface area contributed by atoms with E-state index in [1.165, 1.54) is 0 Å². The number of aryl methyl sites for hydroxylation is 1. The predicted octanol–water partition coefficient (Wildman–Crippen LogP) is 2.23. The predicted molar refractivity (Wildman–Crippen MR) is 87.2 cm³/mol. The Bertz CT molecular complexity index is 759. The molecule has 1 aromatic heterocycles. The maximum absolute atomic E-state index is 12.2. The van der Waals surface area contributed by atoms with Gasteiger partial charge in [0.2, 0.25) is 5.91 Å². The topological polar surface area (TPSA) is 84.4 Å². The highest BCUT2D eigenvalue weighted by Gasteiger charge is 2.24. The Kier molecular flexibility index (Phi) is 4.24. The molecule has 1 aliphatic heterocycles. The minimum atomic E-state index is -0.260. The van der Waals surface area contributed by atoms with Crippen LogP contribution < -0.4 is 15.0 Å². The number of ether oxygens (including phenoxy) is 1. The Morgan fingerprint density at radius 2 is 2.26 bits per heavy atom. The number of benzene rings is 1. The maximum Gasteiger partial charge on any atom is 0.269 e. The van der Waals surface area contributed by atoms with Crippen molar-refractivity contribution < 1.29 is 14.3 Å². The number of carbonyl (C=O) groups excluding carboxylic acids is 2. The van der Waals surface area contributed by atoms with Crippen LogP contribution in [0.4, 0.5) is 11.4 Å². The summed E-state index contributed by atoms with van der Waals surface area (Å²) in [7, 11) is 1.54. The van der Waals surface area contributed by atoms with Gasteiger partial charge in [-0.25, -0.2) is 0 Å². The van der Waals surface area contributed by atoms with Gasteiger partial charge in [0.25, 0.3) is 5.91 Å². The molecule has 1 saturated heterocycles. The molecule has 0 aliphatic carbocycles. The van der Waals surface area contributed by atoms with Crippen molar-refractivity contribution in [2.75, 3.05) is 23.9 Å². The summed E-state index contributed by atoms with van der Waals surface area (Å²) in [4.78, 5) is 26.3. The van der Waals surface area contributed by atoms with Gasteiger partial charge in [-0.05, 0) is 37.0 Å². The van der Waals surface area contributed by atoms with E-state index in [9.17, 15) is 9.59 Å². The van der Waals surface area contributed by atoms with Crippen molar-refractivity contribution in [2.45, 2.75) is 19.8 Å². The molecule has 120 valence electrons. The molecule has 2 amide bonds. The summed E-state index contributed by atoms with van der Waals surface area (Å²) >= 11 is 1.05. The molecule has 0 unspecified atom stereocenters. The molecule has 0 saturated carbocycles. The third-order valence-corrected chi connectivity index (χ3v) is 4.49. The van der Waals surface area contributed by atoms with E-state index in [-0.39, 0.29) is 11.8 Å². The number of carbonyl (C=O) groups is 2. The van der Waals surface area contributed by atoms with Crippen molar-refractivity contribution in [2.24, 2.45) is 0 Å². The molecule has 7 nitrogen and oxygen atoms in total. The van der Waals surface area contributed by atoms with E-state index in [4.69, 9.17) is 4.74 Å². The zero-order chi connectivity index (χ0) is 16.4. The number of methoxy groups -OCH3 is 1. The lowest BCUT2D eigenvalue weighted by molar-refractivity contribution is -0.117. The molecule has 2 heterocycles. The molecule has 1 aromatic carbocycles. The van der Waals surface area contributed by atoms with Crippen LogP contribution in [0.1, 0.15) is 28.2 Å². The first-order valence-electron chi connectivity index (χ1n) is 7.19. The van der Waals surface area contributed by atoms with Gasteiger partial charge in [-0.1, -0.05) is 4.49 Å². The minimum Gasteiger partial charge on any atom is -0.494 e. The van der Waals surface area contributed by atoms with E-state index in [0.29, 0.717) is 35.0 Å². The Morgan fingerprint density at radius 1 is 1.43 bits per heavy atom. The molecule has 1 N–H and O–H groups in total. The summed E-state index contributed by atoms with van der Waals surface area (Å²) in [5.74, 6) is 0.383. The van der Waals surface area contributed by atoms with E-state index < -0.39 is 0 Å². The van der Waals surface area contributed by atoms with E-state index in [2.05, 4.69) is 14.9 Å². The molecule has 1 fully saturated rings. The SMILES string of the molecule is COc1cc(NC(=O)c2snnc2C)ccc1N1CCCC1=O. The monoisotopic (exact) mass is 332 g/mol. The molecule has 0 spiro atoms. The summed E-state index contributed by atoms with van der Waals surface area (Å²) in [5, 5.41) is 6.62. The molecule has 0 radical (unpaired) electrons. The fourth-order valence-corrected chi connectivity index (χ4v) is 3.06. The van der Waals surface area contributed by atoms with Gasteiger partial charge in [0.15, 0.2) is 0 Å². The number of hydrogen-bond acceptors (Lipinski definition) is 6. The van der Waals surface area contributed by atoms with Crippen LogP contribution in [0.3, 0.4) is 0 Å². The van der Waals surface area contributed by atoms with Crippen LogP contribution in [0.15, 0.2) is 18.2 Å². The van der Waals surface area contributed by atoms with Crippen molar-refractivity contribution in [3.05, 3.63) is 28.8 Å². The van der Waals surface area contributed by atoms with Gasteiger partial charge in [-0.15, -0.1) is 5.10 Å². The normalized spacial score (nSPS) is 14.2. The summed E-state index contributed by atoms with van der Waals surface area (Å²) in [5.41, 5.74) is 1.91. The highest BCUT2D eigenvalue weighted by Crippen LogP contribution is 2.34. The lowest BCUT2D eigenvalue weighted by Crippen LogP contribution is -2.24. The smallest absolute Gasteiger partial charge is 0.269 e. The fourth-order valence-electron chi connectivity index (χ4n) is 2.51. The molecular formula is C15H16N4O3S. The molecule has 1 aliphatic rings. The Morgan fingerprint density at radius 3 is 2.87 bits per heavy atom. The van der Waals surface area contributed by atoms with Gasteiger partial charge in [-0.3, -0.25) is 9.59 Å². The van der Waals surface area contributed by atoms with Crippen LogP contribution in [-0.2, 0) is 4.79 Å². The highest BCUT2D eigenvalue weighted by molar-refractivity contribution is 7.08. The van der Waals surface area contributed by atoms with Gasteiger partial charge in [0.05, 0.1) is 18.5 Å². The van der Waals surface area contributed by atoms with Gasteiger partial charge >= 0.3 is 0 Å². The van der Waals surface area contributed by atoms with E-state index >= 15 is 0 Å². The van der Waals surface area contributed by atoms with Crippen molar-refractivity contribution in [1.82, 2.24) is 9.59 Å². The lowest BCUT2D eigenvalue weighted by atomic mass is 10.2. The van der Waals surface area contributed by atoms with Gasteiger partial charge in [0, 0.05) is 24.7 Å². The molecule has 0 bridgehead atoms. The highest BCUT2D eigenvalue weighted by atomic mass is 32.1. The summed E-state index contributed by atoms with van der Waals surface area (Å²) < 4.78 is 9.13. The average Bonchev–Trinajstić information content (AvgIpc) is 3.15.